The Morgan fingerprint density at radius 1 is 1.57 bits per heavy atom. The summed E-state index contributed by atoms with van der Waals surface area (Å²) in [5, 5.41) is 0.398. The molecule has 76 valence electrons. The topological polar surface area (TPSA) is 46.3 Å². The van der Waals surface area contributed by atoms with Crippen molar-refractivity contribution in [3.8, 4) is 0 Å². The number of carbonyl (C=O) groups excluding carboxylic acids is 1. The van der Waals surface area contributed by atoms with Crippen LogP contribution < -0.4 is 5.73 Å². The van der Waals surface area contributed by atoms with E-state index in [2.05, 4.69) is 0 Å². The summed E-state index contributed by atoms with van der Waals surface area (Å²) in [6.07, 6.45) is 0. The average Bonchev–Trinajstić information content (AvgIpc) is 2.15. The molecule has 3 nitrogen and oxygen atoms in total. The SMILES string of the molecule is CCN(C)C(=O)c1ccc(N)cc1Cl. The van der Waals surface area contributed by atoms with E-state index in [1.54, 1.807) is 30.1 Å². The summed E-state index contributed by atoms with van der Waals surface area (Å²) < 4.78 is 0. The van der Waals surface area contributed by atoms with Crippen LogP contribution in [0.25, 0.3) is 0 Å². The van der Waals surface area contributed by atoms with Gasteiger partial charge >= 0.3 is 0 Å². The quantitative estimate of drug-likeness (QED) is 0.763. The molecule has 0 aliphatic rings. The minimum atomic E-state index is -0.0856. The highest BCUT2D eigenvalue weighted by Crippen LogP contribution is 2.20. The smallest absolute Gasteiger partial charge is 0.255 e. The number of amides is 1. The highest BCUT2D eigenvalue weighted by Gasteiger charge is 2.13. The third-order valence-electron chi connectivity index (χ3n) is 2.04. The van der Waals surface area contributed by atoms with Crippen LogP contribution in [0.15, 0.2) is 18.2 Å². The van der Waals surface area contributed by atoms with E-state index in [-0.39, 0.29) is 5.91 Å². The maximum absolute atomic E-state index is 11.7. The van der Waals surface area contributed by atoms with Gasteiger partial charge in [0.05, 0.1) is 10.6 Å². The van der Waals surface area contributed by atoms with E-state index in [9.17, 15) is 4.79 Å². The molecule has 0 saturated heterocycles. The lowest BCUT2D eigenvalue weighted by atomic mass is 10.2. The van der Waals surface area contributed by atoms with Crippen molar-refractivity contribution in [1.29, 1.82) is 0 Å². The fourth-order valence-corrected chi connectivity index (χ4v) is 1.32. The summed E-state index contributed by atoms with van der Waals surface area (Å²) in [5.41, 5.74) is 6.58. The minimum Gasteiger partial charge on any atom is -0.399 e. The van der Waals surface area contributed by atoms with Crippen molar-refractivity contribution in [2.24, 2.45) is 0 Å². The van der Waals surface area contributed by atoms with Gasteiger partial charge in [0.2, 0.25) is 0 Å². The molecular weight excluding hydrogens is 200 g/mol. The minimum absolute atomic E-state index is 0.0856. The number of rotatable bonds is 2. The van der Waals surface area contributed by atoms with Crippen LogP contribution in [0.4, 0.5) is 5.69 Å². The van der Waals surface area contributed by atoms with Crippen LogP contribution in [-0.2, 0) is 0 Å². The van der Waals surface area contributed by atoms with Crippen LogP contribution in [0, 0.1) is 0 Å². The number of nitrogens with two attached hydrogens (primary N) is 1. The second-order valence-electron chi connectivity index (χ2n) is 3.06. The van der Waals surface area contributed by atoms with E-state index in [4.69, 9.17) is 17.3 Å². The fourth-order valence-electron chi connectivity index (χ4n) is 1.05. The molecule has 1 aromatic rings. The zero-order chi connectivity index (χ0) is 10.7. The molecule has 1 rings (SSSR count). The lowest BCUT2D eigenvalue weighted by Crippen LogP contribution is -2.26. The van der Waals surface area contributed by atoms with Crippen LogP contribution in [0.1, 0.15) is 17.3 Å². The van der Waals surface area contributed by atoms with E-state index in [1.165, 1.54) is 0 Å². The van der Waals surface area contributed by atoms with Gasteiger partial charge in [-0.05, 0) is 25.1 Å². The van der Waals surface area contributed by atoms with E-state index in [1.807, 2.05) is 6.92 Å². The van der Waals surface area contributed by atoms with E-state index in [0.29, 0.717) is 22.8 Å². The van der Waals surface area contributed by atoms with Gasteiger partial charge in [-0.2, -0.15) is 0 Å². The fraction of sp³-hybridized carbons (Fsp3) is 0.300. The van der Waals surface area contributed by atoms with Crippen molar-refractivity contribution in [2.45, 2.75) is 6.92 Å². The van der Waals surface area contributed by atoms with Gasteiger partial charge in [0.25, 0.3) is 5.91 Å². The van der Waals surface area contributed by atoms with Crippen LogP contribution in [0.3, 0.4) is 0 Å². The number of carbonyl (C=O) groups is 1. The van der Waals surface area contributed by atoms with Crippen molar-refractivity contribution in [1.82, 2.24) is 4.90 Å². The van der Waals surface area contributed by atoms with Gasteiger partial charge in [0, 0.05) is 19.3 Å². The third-order valence-corrected chi connectivity index (χ3v) is 2.36. The zero-order valence-corrected chi connectivity index (χ0v) is 9.01. The number of hydrogen-bond acceptors (Lipinski definition) is 2. The lowest BCUT2D eigenvalue weighted by Gasteiger charge is -2.15. The summed E-state index contributed by atoms with van der Waals surface area (Å²) in [5.74, 6) is -0.0856. The molecule has 14 heavy (non-hydrogen) atoms. The number of hydrogen-bond donors (Lipinski definition) is 1. The molecule has 0 saturated carbocycles. The molecule has 0 unspecified atom stereocenters. The van der Waals surface area contributed by atoms with E-state index < -0.39 is 0 Å². The normalized spacial score (nSPS) is 9.93. The molecule has 4 heteroatoms. The van der Waals surface area contributed by atoms with Gasteiger partial charge in [0.1, 0.15) is 0 Å². The summed E-state index contributed by atoms with van der Waals surface area (Å²) in [7, 11) is 1.73. The number of nitrogens with zero attached hydrogens (tertiary/aromatic N) is 1. The molecule has 1 aromatic carbocycles. The summed E-state index contributed by atoms with van der Waals surface area (Å²) in [6.45, 7) is 2.56. The predicted molar refractivity (Wildman–Crippen MR) is 58.5 cm³/mol. The molecule has 1 amide bonds. The maximum Gasteiger partial charge on any atom is 0.255 e. The van der Waals surface area contributed by atoms with Crippen LogP contribution in [-0.4, -0.2) is 24.4 Å². The largest absolute Gasteiger partial charge is 0.399 e. The monoisotopic (exact) mass is 212 g/mol. The molecule has 0 aliphatic carbocycles. The molecular formula is C10H13ClN2O. The predicted octanol–water partition coefficient (Wildman–Crippen LogP) is 2.01. The summed E-state index contributed by atoms with van der Waals surface area (Å²) in [4.78, 5) is 13.3. The number of nitrogen functional groups attached to an aromatic ring is 1. The molecule has 2 N–H and O–H groups in total. The van der Waals surface area contributed by atoms with Gasteiger partial charge in [-0.25, -0.2) is 0 Å². The van der Waals surface area contributed by atoms with E-state index in [0.717, 1.165) is 0 Å². The van der Waals surface area contributed by atoms with Crippen LogP contribution in [0.2, 0.25) is 5.02 Å². The van der Waals surface area contributed by atoms with Gasteiger partial charge < -0.3 is 10.6 Å². The van der Waals surface area contributed by atoms with Crippen molar-refractivity contribution in [3.63, 3.8) is 0 Å². The summed E-state index contributed by atoms with van der Waals surface area (Å²) in [6, 6.07) is 4.90. The molecule has 0 heterocycles. The first-order valence-corrected chi connectivity index (χ1v) is 4.74. The highest BCUT2D eigenvalue weighted by molar-refractivity contribution is 6.34. The Bertz CT molecular complexity index is 352. The molecule has 0 fully saturated rings. The zero-order valence-electron chi connectivity index (χ0n) is 8.25. The van der Waals surface area contributed by atoms with Gasteiger partial charge in [-0.3, -0.25) is 4.79 Å². The van der Waals surface area contributed by atoms with Crippen molar-refractivity contribution >= 4 is 23.2 Å². The first-order chi connectivity index (χ1) is 6.56. The third kappa shape index (κ3) is 2.17. The maximum atomic E-state index is 11.7. The van der Waals surface area contributed by atoms with Gasteiger partial charge in [-0.1, -0.05) is 11.6 Å². The van der Waals surface area contributed by atoms with Crippen molar-refractivity contribution in [3.05, 3.63) is 28.8 Å². The highest BCUT2D eigenvalue weighted by atomic mass is 35.5. The molecule has 0 aliphatic heterocycles. The average molecular weight is 213 g/mol. The van der Waals surface area contributed by atoms with Crippen molar-refractivity contribution < 1.29 is 4.79 Å². The standard InChI is InChI=1S/C10H13ClN2O/c1-3-13(2)10(14)8-5-4-7(12)6-9(8)11/h4-6H,3,12H2,1-2H3. The Balaban J connectivity index is 3.02. The first-order valence-electron chi connectivity index (χ1n) is 4.36. The Morgan fingerprint density at radius 3 is 2.71 bits per heavy atom. The second-order valence-corrected chi connectivity index (χ2v) is 3.47. The molecule has 0 spiro atoms. The van der Waals surface area contributed by atoms with Crippen molar-refractivity contribution in [2.75, 3.05) is 19.3 Å². The Labute approximate surface area is 88.5 Å². The number of halogens is 1. The first kappa shape index (κ1) is 10.9. The number of benzene rings is 1. The van der Waals surface area contributed by atoms with Gasteiger partial charge in [-0.15, -0.1) is 0 Å². The van der Waals surface area contributed by atoms with Crippen LogP contribution >= 0.6 is 11.6 Å². The Hall–Kier alpha value is -1.22. The number of anilines is 1. The molecule has 0 bridgehead atoms. The molecule has 0 radical (unpaired) electrons. The van der Waals surface area contributed by atoms with E-state index >= 15 is 0 Å². The molecule has 0 aromatic heterocycles. The molecule has 0 atom stereocenters. The summed E-state index contributed by atoms with van der Waals surface area (Å²) >= 11 is 5.90. The Morgan fingerprint density at radius 2 is 2.21 bits per heavy atom. The lowest BCUT2D eigenvalue weighted by molar-refractivity contribution is 0.0802. The second kappa shape index (κ2) is 4.33. The van der Waals surface area contributed by atoms with Crippen LogP contribution in [0.5, 0.6) is 0 Å². The Kier molecular flexibility index (Phi) is 3.36. The van der Waals surface area contributed by atoms with Gasteiger partial charge in [0.15, 0.2) is 0 Å².